The Balaban J connectivity index is 1.96. The van der Waals surface area contributed by atoms with Gasteiger partial charge in [0.25, 0.3) is 0 Å². The fourth-order valence-electron chi connectivity index (χ4n) is 1.95. The highest BCUT2D eigenvalue weighted by Gasteiger charge is 2.11. The second kappa shape index (κ2) is 5.09. The highest BCUT2D eigenvalue weighted by atomic mass is 16.5. The summed E-state index contributed by atoms with van der Waals surface area (Å²) in [7, 11) is 0. The van der Waals surface area contributed by atoms with Crippen LogP contribution in [-0.4, -0.2) is 15.9 Å². The second-order valence-corrected chi connectivity index (χ2v) is 4.40. The molecule has 0 saturated carbocycles. The number of para-hydroxylation sites is 1. The molecule has 104 valence electrons. The lowest BCUT2D eigenvalue weighted by atomic mass is 10.1. The average Bonchev–Trinajstić information content (AvgIpc) is 2.47. The molecule has 1 heterocycles. The van der Waals surface area contributed by atoms with Crippen LogP contribution in [-0.2, 0) is 0 Å². The minimum atomic E-state index is -0.473. The Bertz CT molecular complexity index is 819. The summed E-state index contributed by atoms with van der Waals surface area (Å²) in [6, 6.07) is 13.7. The molecule has 3 aromatic rings. The van der Waals surface area contributed by atoms with Crippen LogP contribution in [0.1, 0.15) is 10.4 Å². The molecule has 0 aliphatic carbocycles. The normalized spacial score (nSPS) is 10.5. The van der Waals surface area contributed by atoms with E-state index in [1.807, 2.05) is 6.07 Å². The van der Waals surface area contributed by atoms with Crippen LogP contribution < -0.4 is 16.2 Å². The number of fused-ring (bicyclic) bond motifs is 1. The van der Waals surface area contributed by atoms with Gasteiger partial charge in [-0.3, -0.25) is 0 Å². The number of carbonyl (C=O) groups is 1. The van der Waals surface area contributed by atoms with Gasteiger partial charge in [-0.15, -0.1) is 0 Å². The van der Waals surface area contributed by atoms with Crippen molar-refractivity contribution in [3.05, 3.63) is 54.1 Å². The zero-order valence-electron chi connectivity index (χ0n) is 11.0. The fraction of sp³-hybridized carbons (Fsp3) is 0. The standard InChI is InChI=1S/C15H12N4O2/c16-13-11-8-9(6-7-12(11)18-15(17)19-13)14(20)21-10-4-2-1-3-5-10/h1-8H,(H4,16,17,18,19). The summed E-state index contributed by atoms with van der Waals surface area (Å²) in [5.74, 6) is 0.329. The SMILES string of the molecule is Nc1nc(N)c2cc(C(=O)Oc3ccccc3)ccc2n1. The molecule has 2 aromatic carbocycles. The topological polar surface area (TPSA) is 104 Å². The van der Waals surface area contributed by atoms with Crippen LogP contribution in [0.2, 0.25) is 0 Å². The number of nitrogens with zero attached hydrogens (tertiary/aromatic N) is 2. The Morgan fingerprint density at radius 1 is 1.00 bits per heavy atom. The molecule has 0 fully saturated rings. The third-order valence-electron chi connectivity index (χ3n) is 2.93. The third kappa shape index (κ3) is 2.59. The molecule has 0 radical (unpaired) electrons. The molecule has 0 unspecified atom stereocenters. The second-order valence-electron chi connectivity index (χ2n) is 4.40. The number of carbonyl (C=O) groups excluding carboxylic acids is 1. The van der Waals surface area contributed by atoms with Crippen LogP contribution in [0.15, 0.2) is 48.5 Å². The van der Waals surface area contributed by atoms with Crippen molar-refractivity contribution in [2.45, 2.75) is 0 Å². The highest BCUT2D eigenvalue weighted by Crippen LogP contribution is 2.21. The highest BCUT2D eigenvalue weighted by molar-refractivity contribution is 5.98. The van der Waals surface area contributed by atoms with Crippen LogP contribution in [0.3, 0.4) is 0 Å². The van der Waals surface area contributed by atoms with E-state index in [1.54, 1.807) is 42.5 Å². The summed E-state index contributed by atoms with van der Waals surface area (Å²) < 4.78 is 5.27. The van der Waals surface area contributed by atoms with E-state index in [0.717, 1.165) is 0 Å². The van der Waals surface area contributed by atoms with E-state index < -0.39 is 5.97 Å². The number of esters is 1. The van der Waals surface area contributed by atoms with Gasteiger partial charge in [0.1, 0.15) is 11.6 Å². The van der Waals surface area contributed by atoms with Gasteiger partial charge in [-0.1, -0.05) is 18.2 Å². The summed E-state index contributed by atoms with van der Waals surface area (Å²) >= 11 is 0. The van der Waals surface area contributed by atoms with E-state index in [4.69, 9.17) is 16.2 Å². The number of rotatable bonds is 2. The quantitative estimate of drug-likeness (QED) is 0.549. The Hall–Kier alpha value is -3.15. The lowest BCUT2D eigenvalue weighted by Gasteiger charge is -2.06. The maximum Gasteiger partial charge on any atom is 0.343 e. The summed E-state index contributed by atoms with van der Waals surface area (Å²) in [5, 5.41) is 0.562. The Kier molecular flexibility index (Phi) is 3.12. The van der Waals surface area contributed by atoms with Crippen LogP contribution in [0.4, 0.5) is 11.8 Å². The first-order chi connectivity index (χ1) is 10.1. The first kappa shape index (κ1) is 12.9. The smallest absolute Gasteiger partial charge is 0.343 e. The van der Waals surface area contributed by atoms with Crippen LogP contribution in [0.25, 0.3) is 10.9 Å². The van der Waals surface area contributed by atoms with Crippen LogP contribution in [0, 0.1) is 0 Å². The number of ether oxygens (including phenoxy) is 1. The van der Waals surface area contributed by atoms with Gasteiger partial charge < -0.3 is 16.2 Å². The maximum atomic E-state index is 12.1. The maximum absolute atomic E-state index is 12.1. The van der Waals surface area contributed by atoms with E-state index in [-0.39, 0.29) is 11.8 Å². The number of hydrogen-bond donors (Lipinski definition) is 2. The molecule has 21 heavy (non-hydrogen) atoms. The summed E-state index contributed by atoms with van der Waals surface area (Å²) in [6.45, 7) is 0. The van der Waals surface area contributed by atoms with Gasteiger partial charge >= 0.3 is 5.97 Å². The Morgan fingerprint density at radius 3 is 2.52 bits per heavy atom. The van der Waals surface area contributed by atoms with Crippen molar-refractivity contribution in [1.29, 1.82) is 0 Å². The molecule has 0 spiro atoms. The van der Waals surface area contributed by atoms with Gasteiger partial charge in [-0.05, 0) is 30.3 Å². The molecule has 1 aromatic heterocycles. The van der Waals surface area contributed by atoms with Gasteiger partial charge in [0, 0.05) is 5.39 Å². The summed E-state index contributed by atoms with van der Waals surface area (Å²) in [6.07, 6.45) is 0. The number of aromatic nitrogens is 2. The van der Waals surface area contributed by atoms with Crippen LogP contribution >= 0.6 is 0 Å². The van der Waals surface area contributed by atoms with E-state index in [0.29, 0.717) is 22.2 Å². The van der Waals surface area contributed by atoms with Gasteiger partial charge in [0.2, 0.25) is 5.95 Å². The summed E-state index contributed by atoms with van der Waals surface area (Å²) in [5.41, 5.74) is 12.3. The first-order valence-corrected chi connectivity index (χ1v) is 6.23. The number of hydrogen-bond acceptors (Lipinski definition) is 6. The van der Waals surface area contributed by atoms with E-state index in [2.05, 4.69) is 9.97 Å². The minimum Gasteiger partial charge on any atom is -0.423 e. The Morgan fingerprint density at radius 2 is 1.76 bits per heavy atom. The number of benzene rings is 2. The number of nitrogen functional groups attached to an aromatic ring is 2. The molecule has 0 saturated heterocycles. The number of nitrogens with two attached hydrogens (primary N) is 2. The average molecular weight is 280 g/mol. The molecule has 6 heteroatoms. The minimum absolute atomic E-state index is 0.0969. The zero-order chi connectivity index (χ0) is 14.8. The van der Waals surface area contributed by atoms with Crippen molar-refractivity contribution in [2.75, 3.05) is 11.5 Å². The van der Waals surface area contributed by atoms with E-state index in [1.165, 1.54) is 0 Å². The molecule has 0 aliphatic heterocycles. The first-order valence-electron chi connectivity index (χ1n) is 6.23. The van der Waals surface area contributed by atoms with Crippen molar-refractivity contribution in [2.24, 2.45) is 0 Å². The Labute approximate surface area is 120 Å². The lowest BCUT2D eigenvalue weighted by Crippen LogP contribution is -2.09. The summed E-state index contributed by atoms with van der Waals surface area (Å²) in [4.78, 5) is 20.0. The predicted molar refractivity (Wildman–Crippen MR) is 79.8 cm³/mol. The van der Waals surface area contributed by atoms with Crippen molar-refractivity contribution >= 4 is 28.6 Å². The van der Waals surface area contributed by atoms with Crippen molar-refractivity contribution in [3.8, 4) is 5.75 Å². The van der Waals surface area contributed by atoms with Crippen molar-refractivity contribution in [3.63, 3.8) is 0 Å². The van der Waals surface area contributed by atoms with Crippen molar-refractivity contribution in [1.82, 2.24) is 9.97 Å². The molecular formula is C15H12N4O2. The molecule has 0 bridgehead atoms. The third-order valence-corrected chi connectivity index (χ3v) is 2.93. The number of anilines is 2. The van der Waals surface area contributed by atoms with Gasteiger partial charge in [-0.2, -0.15) is 4.98 Å². The van der Waals surface area contributed by atoms with Crippen molar-refractivity contribution < 1.29 is 9.53 Å². The molecule has 3 rings (SSSR count). The molecule has 0 aliphatic rings. The fourth-order valence-corrected chi connectivity index (χ4v) is 1.95. The van der Waals surface area contributed by atoms with Gasteiger partial charge in [-0.25, -0.2) is 9.78 Å². The van der Waals surface area contributed by atoms with E-state index >= 15 is 0 Å². The molecule has 0 atom stereocenters. The predicted octanol–water partition coefficient (Wildman–Crippen LogP) is 2.01. The molecule has 0 amide bonds. The van der Waals surface area contributed by atoms with Crippen LogP contribution in [0.5, 0.6) is 5.75 Å². The van der Waals surface area contributed by atoms with Gasteiger partial charge in [0.15, 0.2) is 0 Å². The molecular weight excluding hydrogens is 268 g/mol. The lowest BCUT2D eigenvalue weighted by molar-refractivity contribution is 0.0735. The largest absolute Gasteiger partial charge is 0.423 e. The molecule has 4 N–H and O–H groups in total. The molecule has 6 nitrogen and oxygen atoms in total. The zero-order valence-corrected chi connectivity index (χ0v) is 11.0. The van der Waals surface area contributed by atoms with E-state index in [9.17, 15) is 4.79 Å². The monoisotopic (exact) mass is 280 g/mol. The van der Waals surface area contributed by atoms with Gasteiger partial charge in [0.05, 0.1) is 11.1 Å².